The van der Waals surface area contributed by atoms with Crippen LogP contribution in [-0.4, -0.2) is 18.6 Å². The molecule has 0 radical (unpaired) electrons. The van der Waals surface area contributed by atoms with Gasteiger partial charge in [0.15, 0.2) is 0 Å². The lowest BCUT2D eigenvalue weighted by Gasteiger charge is -2.13. The largest absolute Gasteiger partial charge is 0.413 e. The smallest absolute Gasteiger partial charge is 0.330 e. The van der Waals surface area contributed by atoms with E-state index in [1.807, 2.05) is 0 Å². The minimum atomic E-state index is -4.64. The lowest BCUT2D eigenvalue weighted by molar-refractivity contribution is -0.0964. The van der Waals surface area contributed by atoms with Gasteiger partial charge in [-0.25, -0.2) is 0 Å². The van der Waals surface area contributed by atoms with Gasteiger partial charge in [0.2, 0.25) is 0 Å². The monoisotopic (exact) mass is 239 g/mol. The molecule has 0 aromatic carbocycles. The highest BCUT2D eigenvalue weighted by Crippen LogP contribution is 2.41. The third-order valence-electron chi connectivity index (χ3n) is 2.31. The molecular weight excluding hydrogens is 229 g/mol. The maximum Gasteiger partial charge on any atom is 0.413 e. The second-order valence-corrected chi connectivity index (χ2v) is 3.39. The van der Waals surface area contributed by atoms with Crippen molar-refractivity contribution in [3.8, 4) is 0 Å². The Hall–Kier alpha value is -1.17. The predicted molar refractivity (Wildman–Crippen MR) is 49.9 cm³/mol. The van der Waals surface area contributed by atoms with E-state index in [4.69, 9.17) is 5.73 Å². The highest BCUT2D eigenvalue weighted by atomic mass is 19.4. The Morgan fingerprint density at radius 1 is 1.31 bits per heavy atom. The van der Waals surface area contributed by atoms with E-state index in [0.29, 0.717) is 12.2 Å². The van der Waals surface area contributed by atoms with Crippen molar-refractivity contribution in [2.24, 2.45) is 11.7 Å². The van der Waals surface area contributed by atoms with Crippen LogP contribution < -0.4 is 5.73 Å². The van der Waals surface area contributed by atoms with Crippen molar-refractivity contribution in [2.45, 2.75) is 12.1 Å². The first kappa shape index (κ1) is 12.9. The molecule has 0 heterocycles. The van der Waals surface area contributed by atoms with Crippen molar-refractivity contribution >= 4 is 0 Å². The Morgan fingerprint density at radius 3 is 2.19 bits per heavy atom. The fourth-order valence-electron chi connectivity index (χ4n) is 1.44. The van der Waals surface area contributed by atoms with Crippen LogP contribution in [0.5, 0.6) is 0 Å². The summed E-state index contributed by atoms with van der Waals surface area (Å²) < 4.78 is 63.5. The van der Waals surface area contributed by atoms with Crippen LogP contribution in [0.15, 0.2) is 36.0 Å². The van der Waals surface area contributed by atoms with E-state index in [9.17, 15) is 22.0 Å². The van der Waals surface area contributed by atoms with Gasteiger partial charge < -0.3 is 5.73 Å². The molecule has 1 rings (SSSR count). The molecule has 90 valence electrons. The number of hydrogen-bond donors (Lipinski definition) is 1. The summed E-state index contributed by atoms with van der Waals surface area (Å²) in [7, 11) is 0. The zero-order valence-electron chi connectivity index (χ0n) is 8.19. The van der Waals surface area contributed by atoms with Crippen LogP contribution in [0.4, 0.5) is 22.0 Å². The summed E-state index contributed by atoms with van der Waals surface area (Å²) in [6.07, 6.45) is -3.05. The van der Waals surface area contributed by atoms with Crippen LogP contribution in [0, 0.1) is 5.92 Å². The minimum Gasteiger partial charge on any atom is -0.330 e. The Bertz CT molecular complexity index is 351. The molecule has 16 heavy (non-hydrogen) atoms. The van der Waals surface area contributed by atoms with E-state index in [1.165, 1.54) is 0 Å². The average molecular weight is 239 g/mol. The van der Waals surface area contributed by atoms with E-state index < -0.39 is 29.2 Å². The Kier molecular flexibility index (Phi) is 3.23. The number of alkyl halides is 5. The van der Waals surface area contributed by atoms with Gasteiger partial charge >= 0.3 is 6.18 Å². The summed E-state index contributed by atoms with van der Waals surface area (Å²) in [5.74, 6) is -4.67. The van der Waals surface area contributed by atoms with Crippen LogP contribution in [0.2, 0.25) is 0 Å². The third-order valence-corrected chi connectivity index (χ3v) is 2.31. The Balaban J connectivity index is 3.10. The van der Waals surface area contributed by atoms with Crippen molar-refractivity contribution in [3.63, 3.8) is 0 Å². The molecule has 1 nitrogen and oxygen atoms in total. The van der Waals surface area contributed by atoms with Gasteiger partial charge in [0.1, 0.15) is 0 Å². The van der Waals surface area contributed by atoms with Gasteiger partial charge in [-0.05, 0) is 12.2 Å². The molecule has 0 aromatic heterocycles. The number of halogens is 5. The van der Waals surface area contributed by atoms with E-state index >= 15 is 0 Å². The zero-order chi connectivity index (χ0) is 12.6. The highest BCUT2D eigenvalue weighted by Gasteiger charge is 2.43. The second kappa shape index (κ2) is 4.01. The first-order valence-electron chi connectivity index (χ1n) is 4.45. The third kappa shape index (κ3) is 2.32. The summed E-state index contributed by atoms with van der Waals surface area (Å²) >= 11 is 0. The SMILES string of the molecule is C=CC(F)(F)C1=CC(CN)C(C(F)(F)F)=C1. The van der Waals surface area contributed by atoms with Gasteiger partial charge in [0, 0.05) is 23.6 Å². The van der Waals surface area contributed by atoms with Crippen molar-refractivity contribution in [1.82, 2.24) is 0 Å². The molecule has 1 aliphatic carbocycles. The molecule has 2 N–H and O–H groups in total. The van der Waals surface area contributed by atoms with Crippen molar-refractivity contribution < 1.29 is 22.0 Å². The minimum absolute atomic E-state index is 0.308. The van der Waals surface area contributed by atoms with Crippen LogP contribution in [-0.2, 0) is 0 Å². The lowest BCUT2D eigenvalue weighted by atomic mass is 10.0. The van der Waals surface area contributed by atoms with Crippen LogP contribution >= 0.6 is 0 Å². The van der Waals surface area contributed by atoms with Crippen molar-refractivity contribution in [2.75, 3.05) is 6.54 Å². The Labute approximate surface area is 89.1 Å². The first-order chi connectivity index (χ1) is 7.22. The topological polar surface area (TPSA) is 26.0 Å². The van der Waals surface area contributed by atoms with Crippen molar-refractivity contribution in [3.05, 3.63) is 36.0 Å². The maximum absolute atomic E-state index is 13.1. The van der Waals surface area contributed by atoms with Gasteiger partial charge in [0.25, 0.3) is 5.92 Å². The standard InChI is InChI=1S/C10H10F5N/c1-2-9(11,12)7-3-6(5-16)8(4-7)10(13,14)15/h2-4,6H,1,5,16H2. The molecule has 1 aliphatic rings. The number of nitrogens with two attached hydrogens (primary N) is 1. The van der Waals surface area contributed by atoms with E-state index in [1.54, 1.807) is 0 Å². The molecule has 0 spiro atoms. The van der Waals surface area contributed by atoms with Gasteiger partial charge in [-0.1, -0.05) is 12.7 Å². The van der Waals surface area contributed by atoms with Crippen molar-refractivity contribution in [1.29, 1.82) is 0 Å². The quantitative estimate of drug-likeness (QED) is 0.594. The van der Waals surface area contributed by atoms with E-state index in [-0.39, 0.29) is 6.54 Å². The van der Waals surface area contributed by atoms with Gasteiger partial charge in [0.05, 0.1) is 0 Å². The maximum atomic E-state index is 13.1. The van der Waals surface area contributed by atoms with Crippen LogP contribution in [0.25, 0.3) is 0 Å². The first-order valence-corrected chi connectivity index (χ1v) is 4.45. The van der Waals surface area contributed by atoms with Crippen LogP contribution in [0.3, 0.4) is 0 Å². The lowest BCUT2D eigenvalue weighted by Crippen LogP contribution is -2.22. The van der Waals surface area contributed by atoms with E-state index in [0.717, 1.165) is 6.08 Å². The summed E-state index contributed by atoms with van der Waals surface area (Å²) in [6, 6.07) is 0. The summed E-state index contributed by atoms with van der Waals surface area (Å²) in [6.45, 7) is 2.52. The normalized spacial score (nSPS) is 21.8. The molecule has 0 aliphatic heterocycles. The molecular formula is C10H10F5N. The van der Waals surface area contributed by atoms with Gasteiger partial charge in [-0.3, -0.25) is 0 Å². The number of hydrogen-bond acceptors (Lipinski definition) is 1. The molecule has 6 heteroatoms. The average Bonchev–Trinajstić information content (AvgIpc) is 2.61. The molecule has 0 fully saturated rings. The molecule has 1 atom stereocenters. The summed E-state index contributed by atoms with van der Waals surface area (Å²) in [4.78, 5) is 0. The molecule has 0 amide bonds. The van der Waals surface area contributed by atoms with E-state index in [2.05, 4.69) is 6.58 Å². The van der Waals surface area contributed by atoms with Gasteiger partial charge in [-0.15, -0.1) is 0 Å². The molecule has 1 unspecified atom stereocenters. The number of allylic oxidation sites excluding steroid dienone is 3. The fraction of sp³-hybridized carbons (Fsp3) is 0.400. The predicted octanol–water partition coefficient (Wildman–Crippen LogP) is 2.81. The molecule has 0 saturated heterocycles. The summed E-state index contributed by atoms with van der Waals surface area (Å²) in [5.41, 5.74) is 3.37. The molecule has 0 aromatic rings. The summed E-state index contributed by atoms with van der Waals surface area (Å²) in [5, 5.41) is 0. The van der Waals surface area contributed by atoms with Crippen LogP contribution in [0.1, 0.15) is 0 Å². The zero-order valence-corrected chi connectivity index (χ0v) is 8.19. The fourth-order valence-corrected chi connectivity index (χ4v) is 1.44. The van der Waals surface area contributed by atoms with Gasteiger partial charge in [-0.2, -0.15) is 22.0 Å². The number of rotatable bonds is 3. The molecule has 0 bridgehead atoms. The molecule has 0 saturated carbocycles. The second-order valence-electron chi connectivity index (χ2n) is 3.39. The highest BCUT2D eigenvalue weighted by molar-refractivity contribution is 5.44. The Morgan fingerprint density at radius 2 is 1.88 bits per heavy atom.